The summed E-state index contributed by atoms with van der Waals surface area (Å²) in [5.41, 5.74) is 5.49. The molecular weight excluding hydrogens is 254 g/mol. The van der Waals surface area contributed by atoms with Crippen LogP contribution in [0.4, 0.5) is 11.6 Å². The number of nitrogen functional groups attached to an aromatic ring is 1. The minimum absolute atomic E-state index is 0.353. The zero-order valence-corrected chi connectivity index (χ0v) is 11.4. The van der Waals surface area contributed by atoms with Gasteiger partial charge in [0.2, 0.25) is 10.0 Å². The van der Waals surface area contributed by atoms with Crippen LogP contribution in [0.15, 0.2) is 12.4 Å². The van der Waals surface area contributed by atoms with Crippen LogP contribution in [-0.4, -0.2) is 48.6 Å². The molecule has 0 saturated heterocycles. The summed E-state index contributed by atoms with van der Waals surface area (Å²) >= 11 is 0. The second-order valence-electron chi connectivity index (χ2n) is 3.86. The summed E-state index contributed by atoms with van der Waals surface area (Å²) in [5, 5.41) is 3.04. The molecule has 1 aromatic rings. The molecule has 102 valence electrons. The van der Waals surface area contributed by atoms with Crippen LogP contribution in [0.1, 0.15) is 13.3 Å². The van der Waals surface area contributed by atoms with Gasteiger partial charge in [-0.3, -0.25) is 4.98 Å². The monoisotopic (exact) mass is 273 g/mol. The lowest BCUT2D eigenvalue weighted by atomic mass is 10.4. The van der Waals surface area contributed by atoms with Gasteiger partial charge in [-0.15, -0.1) is 0 Å². The fourth-order valence-corrected chi connectivity index (χ4v) is 2.43. The molecule has 0 aliphatic heterocycles. The van der Waals surface area contributed by atoms with Crippen LogP contribution in [0.3, 0.4) is 0 Å². The Morgan fingerprint density at radius 1 is 1.44 bits per heavy atom. The molecule has 0 unspecified atom stereocenters. The Morgan fingerprint density at radius 2 is 2.17 bits per heavy atom. The molecule has 1 aromatic heterocycles. The number of hydrogen-bond donors (Lipinski definition) is 2. The maximum atomic E-state index is 11.3. The number of nitrogens with one attached hydrogen (secondary N) is 1. The molecule has 18 heavy (non-hydrogen) atoms. The van der Waals surface area contributed by atoms with E-state index in [0.717, 1.165) is 0 Å². The van der Waals surface area contributed by atoms with Crippen molar-refractivity contribution in [3.05, 3.63) is 12.4 Å². The molecule has 8 heteroatoms. The molecule has 0 aromatic carbocycles. The van der Waals surface area contributed by atoms with Gasteiger partial charge in [0.1, 0.15) is 11.6 Å². The fraction of sp³-hybridized carbons (Fsp3) is 0.600. The van der Waals surface area contributed by atoms with Crippen LogP contribution in [0.25, 0.3) is 0 Å². The van der Waals surface area contributed by atoms with E-state index in [-0.39, 0.29) is 0 Å². The number of hydrogen-bond acceptors (Lipinski definition) is 6. The van der Waals surface area contributed by atoms with Gasteiger partial charge in [0.25, 0.3) is 0 Å². The molecule has 0 amide bonds. The SMILES string of the molecule is CCN(CCCNc1cncc(N)n1)S(C)(=O)=O. The molecule has 0 aliphatic rings. The van der Waals surface area contributed by atoms with Gasteiger partial charge in [0, 0.05) is 19.6 Å². The van der Waals surface area contributed by atoms with Gasteiger partial charge in [0.05, 0.1) is 18.6 Å². The number of sulfonamides is 1. The van der Waals surface area contributed by atoms with E-state index in [1.165, 1.54) is 16.8 Å². The zero-order chi connectivity index (χ0) is 13.6. The highest BCUT2D eigenvalue weighted by atomic mass is 32.2. The van der Waals surface area contributed by atoms with Crippen LogP contribution >= 0.6 is 0 Å². The van der Waals surface area contributed by atoms with Crippen molar-refractivity contribution in [3.8, 4) is 0 Å². The molecule has 3 N–H and O–H groups in total. The Kier molecular flexibility index (Phi) is 5.29. The predicted octanol–water partition coefficient (Wildman–Crippen LogP) is 0.142. The van der Waals surface area contributed by atoms with Crippen molar-refractivity contribution in [1.82, 2.24) is 14.3 Å². The van der Waals surface area contributed by atoms with Gasteiger partial charge >= 0.3 is 0 Å². The highest BCUT2D eigenvalue weighted by molar-refractivity contribution is 7.88. The van der Waals surface area contributed by atoms with E-state index in [2.05, 4.69) is 15.3 Å². The van der Waals surface area contributed by atoms with Gasteiger partial charge in [-0.2, -0.15) is 0 Å². The van der Waals surface area contributed by atoms with Crippen molar-refractivity contribution in [2.45, 2.75) is 13.3 Å². The average Bonchev–Trinajstić information content (AvgIpc) is 2.27. The summed E-state index contributed by atoms with van der Waals surface area (Å²) in [5.74, 6) is 0.948. The number of rotatable bonds is 7. The summed E-state index contributed by atoms with van der Waals surface area (Å²) in [6.07, 6.45) is 4.95. The van der Waals surface area contributed by atoms with Gasteiger partial charge in [-0.05, 0) is 6.42 Å². The first-order valence-corrected chi connectivity index (χ1v) is 7.55. The Labute approximate surface area is 107 Å². The number of nitrogens with two attached hydrogens (primary N) is 1. The number of aromatic nitrogens is 2. The van der Waals surface area contributed by atoms with E-state index in [1.807, 2.05) is 6.92 Å². The van der Waals surface area contributed by atoms with E-state index < -0.39 is 10.0 Å². The van der Waals surface area contributed by atoms with Crippen molar-refractivity contribution in [2.75, 3.05) is 36.9 Å². The molecule has 0 aliphatic carbocycles. The first-order chi connectivity index (χ1) is 8.43. The summed E-state index contributed by atoms with van der Waals surface area (Å²) in [7, 11) is -3.11. The fourth-order valence-electron chi connectivity index (χ4n) is 1.50. The molecular formula is C10H19N5O2S. The Bertz CT molecular complexity index is 477. The van der Waals surface area contributed by atoms with Gasteiger partial charge in [-0.25, -0.2) is 17.7 Å². The highest BCUT2D eigenvalue weighted by Crippen LogP contribution is 2.03. The Balaban J connectivity index is 2.35. The van der Waals surface area contributed by atoms with Gasteiger partial charge in [-0.1, -0.05) is 6.92 Å². The van der Waals surface area contributed by atoms with E-state index in [0.29, 0.717) is 37.7 Å². The quantitative estimate of drug-likeness (QED) is 0.685. The molecule has 0 atom stereocenters. The standard InChI is InChI=1S/C10H19N5O2S/c1-3-15(18(2,16)17)6-4-5-13-10-8-12-7-9(11)14-10/h7-8H,3-6H2,1-2H3,(H3,11,13,14). The van der Waals surface area contributed by atoms with Gasteiger partial charge in [0.15, 0.2) is 0 Å². The van der Waals surface area contributed by atoms with Crippen LogP contribution in [-0.2, 0) is 10.0 Å². The first-order valence-electron chi connectivity index (χ1n) is 5.70. The van der Waals surface area contributed by atoms with Crippen LogP contribution < -0.4 is 11.1 Å². The summed E-state index contributed by atoms with van der Waals surface area (Å²) in [4.78, 5) is 7.93. The molecule has 0 radical (unpaired) electrons. The lowest BCUT2D eigenvalue weighted by Gasteiger charge is -2.17. The maximum Gasteiger partial charge on any atom is 0.211 e. The molecule has 0 fully saturated rings. The predicted molar refractivity (Wildman–Crippen MR) is 71.6 cm³/mol. The molecule has 0 spiro atoms. The normalized spacial score (nSPS) is 11.7. The van der Waals surface area contributed by atoms with E-state index in [1.54, 1.807) is 6.20 Å². The minimum Gasteiger partial charge on any atom is -0.382 e. The topological polar surface area (TPSA) is 101 Å². The summed E-state index contributed by atoms with van der Waals surface area (Å²) in [6, 6.07) is 0. The second kappa shape index (κ2) is 6.50. The first kappa shape index (κ1) is 14.7. The Hall–Kier alpha value is -1.41. The third-order valence-electron chi connectivity index (χ3n) is 2.37. The number of nitrogens with zero attached hydrogens (tertiary/aromatic N) is 3. The lowest BCUT2D eigenvalue weighted by molar-refractivity contribution is 0.428. The number of anilines is 2. The van der Waals surface area contributed by atoms with Crippen molar-refractivity contribution >= 4 is 21.7 Å². The summed E-state index contributed by atoms with van der Waals surface area (Å²) < 4.78 is 24.1. The minimum atomic E-state index is -3.11. The molecule has 1 rings (SSSR count). The molecule has 0 bridgehead atoms. The van der Waals surface area contributed by atoms with Crippen LogP contribution in [0.5, 0.6) is 0 Å². The highest BCUT2D eigenvalue weighted by Gasteiger charge is 2.12. The molecule has 0 saturated carbocycles. The third kappa shape index (κ3) is 4.84. The van der Waals surface area contributed by atoms with Crippen molar-refractivity contribution in [3.63, 3.8) is 0 Å². The summed E-state index contributed by atoms with van der Waals surface area (Å²) in [6.45, 7) is 3.40. The van der Waals surface area contributed by atoms with Crippen molar-refractivity contribution < 1.29 is 8.42 Å². The largest absolute Gasteiger partial charge is 0.382 e. The van der Waals surface area contributed by atoms with E-state index >= 15 is 0 Å². The van der Waals surface area contributed by atoms with E-state index in [4.69, 9.17) is 5.73 Å². The van der Waals surface area contributed by atoms with Gasteiger partial charge < -0.3 is 11.1 Å². The average molecular weight is 273 g/mol. The third-order valence-corrected chi connectivity index (χ3v) is 3.74. The zero-order valence-electron chi connectivity index (χ0n) is 10.6. The van der Waals surface area contributed by atoms with Crippen molar-refractivity contribution in [2.24, 2.45) is 0 Å². The van der Waals surface area contributed by atoms with Crippen molar-refractivity contribution in [1.29, 1.82) is 0 Å². The smallest absolute Gasteiger partial charge is 0.211 e. The molecule has 1 heterocycles. The maximum absolute atomic E-state index is 11.3. The lowest BCUT2D eigenvalue weighted by Crippen LogP contribution is -2.31. The van der Waals surface area contributed by atoms with E-state index in [9.17, 15) is 8.42 Å². The van der Waals surface area contributed by atoms with Crippen LogP contribution in [0.2, 0.25) is 0 Å². The van der Waals surface area contributed by atoms with Crippen LogP contribution in [0, 0.1) is 0 Å². The molecule has 7 nitrogen and oxygen atoms in total. The second-order valence-corrected chi connectivity index (χ2v) is 5.85. The Morgan fingerprint density at radius 3 is 2.72 bits per heavy atom.